The zero-order valence-electron chi connectivity index (χ0n) is 8.97. The third-order valence-corrected chi connectivity index (χ3v) is 3.03. The first-order valence-electron chi connectivity index (χ1n) is 5.15. The molecule has 0 N–H and O–H groups in total. The first-order valence-corrected chi connectivity index (χ1v) is 5.94. The van der Waals surface area contributed by atoms with Gasteiger partial charge in [0.15, 0.2) is 0 Å². The number of hydrogen-bond acceptors (Lipinski definition) is 1. The third kappa shape index (κ3) is 2.17. The molecule has 76 valence electrons. The highest BCUT2D eigenvalue weighted by atomic mass is 79.9. The maximum absolute atomic E-state index is 4.74. The van der Waals surface area contributed by atoms with Crippen LogP contribution in [0, 0.1) is 0 Å². The molecular formula is C12H16BrN. The van der Waals surface area contributed by atoms with Crippen molar-refractivity contribution in [2.45, 2.75) is 44.9 Å². The molecule has 0 saturated heterocycles. The summed E-state index contributed by atoms with van der Waals surface area (Å²) in [6.45, 7) is 6.62. The molecule has 0 aliphatic heterocycles. The predicted octanol–water partition coefficient (Wildman–Crippen LogP) is 4.02. The first-order chi connectivity index (χ1) is 6.47. The van der Waals surface area contributed by atoms with Crippen LogP contribution in [0.25, 0.3) is 0 Å². The van der Waals surface area contributed by atoms with Gasteiger partial charge in [-0.25, -0.2) is 0 Å². The molecule has 0 spiro atoms. The molecule has 1 aliphatic carbocycles. The van der Waals surface area contributed by atoms with Crippen LogP contribution in [0.4, 0.5) is 0 Å². The van der Waals surface area contributed by atoms with Gasteiger partial charge in [0, 0.05) is 27.2 Å². The van der Waals surface area contributed by atoms with E-state index in [4.69, 9.17) is 4.98 Å². The Hall–Kier alpha value is -0.370. The van der Waals surface area contributed by atoms with E-state index in [1.54, 1.807) is 0 Å². The largest absolute Gasteiger partial charge is 0.257 e. The summed E-state index contributed by atoms with van der Waals surface area (Å²) in [5.41, 5.74) is 2.60. The summed E-state index contributed by atoms with van der Waals surface area (Å²) in [4.78, 5) is 4.74. The number of hydrogen-bond donors (Lipinski definition) is 0. The molecule has 2 rings (SSSR count). The number of pyridine rings is 1. The van der Waals surface area contributed by atoms with Crippen molar-refractivity contribution >= 4 is 15.9 Å². The number of halogens is 1. The van der Waals surface area contributed by atoms with Gasteiger partial charge in [0.1, 0.15) is 0 Å². The van der Waals surface area contributed by atoms with Crippen molar-refractivity contribution < 1.29 is 0 Å². The molecular weight excluding hydrogens is 238 g/mol. The Morgan fingerprint density at radius 2 is 1.93 bits per heavy atom. The summed E-state index contributed by atoms with van der Waals surface area (Å²) < 4.78 is 1.17. The molecule has 0 aromatic carbocycles. The molecule has 0 amide bonds. The minimum atomic E-state index is 0.146. The van der Waals surface area contributed by atoms with Crippen LogP contribution >= 0.6 is 15.9 Å². The normalized spacial score (nSPS) is 17.1. The van der Waals surface area contributed by atoms with Crippen molar-refractivity contribution in [1.82, 2.24) is 4.98 Å². The lowest BCUT2D eigenvalue weighted by Crippen LogP contribution is -2.14. The van der Waals surface area contributed by atoms with Crippen LogP contribution in [-0.4, -0.2) is 4.98 Å². The molecule has 1 fully saturated rings. The van der Waals surface area contributed by atoms with Crippen LogP contribution in [-0.2, 0) is 5.41 Å². The monoisotopic (exact) mass is 253 g/mol. The van der Waals surface area contributed by atoms with E-state index in [0.29, 0.717) is 0 Å². The zero-order valence-corrected chi connectivity index (χ0v) is 10.6. The van der Waals surface area contributed by atoms with E-state index < -0.39 is 0 Å². The lowest BCUT2D eigenvalue weighted by Gasteiger charge is -2.19. The molecule has 1 saturated carbocycles. The minimum Gasteiger partial charge on any atom is -0.257 e. The molecule has 0 unspecified atom stereocenters. The van der Waals surface area contributed by atoms with Crippen molar-refractivity contribution in [1.29, 1.82) is 0 Å². The van der Waals surface area contributed by atoms with Gasteiger partial charge in [-0.15, -0.1) is 0 Å². The van der Waals surface area contributed by atoms with Gasteiger partial charge < -0.3 is 0 Å². The van der Waals surface area contributed by atoms with E-state index in [0.717, 1.165) is 5.92 Å². The summed E-state index contributed by atoms with van der Waals surface area (Å²) in [5.74, 6) is 0.730. The highest BCUT2D eigenvalue weighted by molar-refractivity contribution is 9.10. The molecule has 0 radical (unpaired) electrons. The average Bonchev–Trinajstić information content (AvgIpc) is 2.83. The Bertz CT molecular complexity index is 348. The van der Waals surface area contributed by atoms with Crippen molar-refractivity contribution in [2.24, 2.45) is 0 Å². The van der Waals surface area contributed by atoms with Crippen molar-refractivity contribution in [2.75, 3.05) is 0 Å². The fourth-order valence-electron chi connectivity index (χ4n) is 1.49. The lowest BCUT2D eigenvalue weighted by molar-refractivity contribution is 0.565. The Balaban J connectivity index is 2.41. The molecule has 1 nitrogen and oxygen atoms in total. The first kappa shape index (κ1) is 10.2. The second kappa shape index (κ2) is 3.34. The van der Waals surface area contributed by atoms with Gasteiger partial charge in [0.2, 0.25) is 0 Å². The molecule has 1 aliphatic rings. The van der Waals surface area contributed by atoms with Crippen molar-refractivity contribution in [3.05, 3.63) is 28.0 Å². The van der Waals surface area contributed by atoms with Gasteiger partial charge >= 0.3 is 0 Å². The van der Waals surface area contributed by atoms with E-state index in [2.05, 4.69) is 48.8 Å². The van der Waals surface area contributed by atoms with Crippen LogP contribution in [0.3, 0.4) is 0 Å². The third-order valence-electron chi connectivity index (χ3n) is 2.57. The van der Waals surface area contributed by atoms with Crippen molar-refractivity contribution in [3.8, 4) is 0 Å². The Kier molecular flexibility index (Phi) is 2.42. The van der Waals surface area contributed by atoms with E-state index in [1.165, 1.54) is 28.7 Å². The molecule has 1 aromatic rings. The van der Waals surface area contributed by atoms with Crippen LogP contribution < -0.4 is 0 Å². The van der Waals surface area contributed by atoms with Gasteiger partial charge in [0.25, 0.3) is 0 Å². The van der Waals surface area contributed by atoms with Gasteiger partial charge in [-0.2, -0.15) is 0 Å². The van der Waals surface area contributed by atoms with E-state index in [9.17, 15) is 0 Å². The second-order valence-electron chi connectivity index (χ2n) is 5.12. The van der Waals surface area contributed by atoms with Crippen LogP contribution in [0.2, 0.25) is 0 Å². The second-order valence-corrected chi connectivity index (χ2v) is 6.04. The maximum atomic E-state index is 4.74. The van der Waals surface area contributed by atoms with E-state index in [-0.39, 0.29) is 5.41 Å². The smallest absolute Gasteiger partial charge is 0.0471 e. The predicted molar refractivity (Wildman–Crippen MR) is 62.6 cm³/mol. The molecule has 0 bridgehead atoms. The Morgan fingerprint density at radius 1 is 1.29 bits per heavy atom. The summed E-state index contributed by atoms with van der Waals surface area (Å²) in [5, 5.41) is 0. The average molecular weight is 254 g/mol. The standard InChI is InChI=1S/C12H16BrN/c1-12(2,3)11-7-9(13)6-10(14-11)8-4-5-8/h6-8H,4-5H2,1-3H3. The Labute approximate surface area is 94.1 Å². The topological polar surface area (TPSA) is 12.9 Å². The van der Waals surface area contributed by atoms with Gasteiger partial charge in [-0.3, -0.25) is 4.98 Å². The Morgan fingerprint density at radius 3 is 2.43 bits per heavy atom. The molecule has 14 heavy (non-hydrogen) atoms. The quantitative estimate of drug-likeness (QED) is 0.737. The molecule has 1 heterocycles. The van der Waals surface area contributed by atoms with Gasteiger partial charge in [-0.05, 0) is 25.0 Å². The summed E-state index contributed by atoms with van der Waals surface area (Å²) in [6, 6.07) is 4.29. The number of nitrogens with zero attached hydrogens (tertiary/aromatic N) is 1. The van der Waals surface area contributed by atoms with E-state index >= 15 is 0 Å². The van der Waals surface area contributed by atoms with Crippen LogP contribution in [0.5, 0.6) is 0 Å². The summed E-state index contributed by atoms with van der Waals surface area (Å²) in [6.07, 6.45) is 2.63. The summed E-state index contributed by atoms with van der Waals surface area (Å²) in [7, 11) is 0. The fourth-order valence-corrected chi connectivity index (χ4v) is 1.94. The van der Waals surface area contributed by atoms with Gasteiger partial charge in [0.05, 0.1) is 0 Å². The number of rotatable bonds is 1. The lowest BCUT2D eigenvalue weighted by atomic mass is 9.91. The summed E-state index contributed by atoms with van der Waals surface area (Å²) >= 11 is 3.56. The molecule has 0 atom stereocenters. The van der Waals surface area contributed by atoms with E-state index in [1.807, 2.05) is 0 Å². The number of aromatic nitrogens is 1. The van der Waals surface area contributed by atoms with Crippen molar-refractivity contribution in [3.63, 3.8) is 0 Å². The highest BCUT2D eigenvalue weighted by Gasteiger charge is 2.27. The minimum absolute atomic E-state index is 0.146. The maximum Gasteiger partial charge on any atom is 0.0471 e. The van der Waals surface area contributed by atoms with Crippen LogP contribution in [0.1, 0.15) is 50.9 Å². The molecule has 2 heteroatoms. The SMILES string of the molecule is CC(C)(C)c1cc(Br)cc(C2CC2)n1. The van der Waals surface area contributed by atoms with Crippen LogP contribution in [0.15, 0.2) is 16.6 Å². The zero-order chi connectivity index (χ0) is 10.3. The fraction of sp³-hybridized carbons (Fsp3) is 0.583. The van der Waals surface area contributed by atoms with Gasteiger partial charge in [-0.1, -0.05) is 36.7 Å². The molecule has 1 aromatic heterocycles. The highest BCUT2D eigenvalue weighted by Crippen LogP contribution is 2.40.